The molecule has 2 unspecified atom stereocenters. The Balaban J connectivity index is 1.26. The summed E-state index contributed by atoms with van der Waals surface area (Å²) in [5, 5.41) is 13.3. The van der Waals surface area contributed by atoms with Crippen molar-refractivity contribution in [2.45, 2.75) is 55.9 Å². The Labute approximate surface area is 258 Å². The Morgan fingerprint density at radius 2 is 1.96 bits per heavy atom. The summed E-state index contributed by atoms with van der Waals surface area (Å²) in [6.07, 6.45) is 0.776. The summed E-state index contributed by atoms with van der Waals surface area (Å²) in [6, 6.07) is 10.4. The number of hydrogen-bond donors (Lipinski definition) is 4. The van der Waals surface area contributed by atoms with E-state index in [2.05, 4.69) is 25.3 Å². The molecule has 5 N–H and O–H groups in total. The molecular weight excluding hydrogens is 609 g/mol. The fourth-order valence-corrected chi connectivity index (χ4v) is 6.66. The number of imidazole rings is 1. The molecule has 45 heavy (non-hydrogen) atoms. The number of hydrogen-bond acceptors (Lipinski definition) is 11. The molecule has 1 aliphatic heterocycles. The van der Waals surface area contributed by atoms with Gasteiger partial charge < -0.3 is 39.8 Å². The summed E-state index contributed by atoms with van der Waals surface area (Å²) in [7, 11) is -2.67. The van der Waals surface area contributed by atoms with Gasteiger partial charge in [0.1, 0.15) is 30.0 Å². The number of benzene rings is 1. The van der Waals surface area contributed by atoms with Crippen molar-refractivity contribution in [2.75, 3.05) is 36.7 Å². The number of nitrogens with two attached hydrogens (primary N) is 1. The minimum atomic E-state index is -4.07. The number of anilines is 2. The number of aliphatic hydroxyl groups is 1. The van der Waals surface area contributed by atoms with Gasteiger partial charge in [-0.25, -0.2) is 28.3 Å². The summed E-state index contributed by atoms with van der Waals surface area (Å²) >= 11 is 0. The Hall–Kier alpha value is -3.75. The minimum Gasteiger partial charge on any atom is -0.423 e. The van der Waals surface area contributed by atoms with Gasteiger partial charge in [-0.15, -0.1) is 0 Å². The van der Waals surface area contributed by atoms with Crippen molar-refractivity contribution >= 4 is 30.3 Å². The number of nitrogens with one attached hydrogen (secondary N) is 1. The molecule has 13 nitrogen and oxygen atoms in total. The van der Waals surface area contributed by atoms with Crippen LogP contribution < -0.4 is 20.5 Å². The van der Waals surface area contributed by atoms with E-state index in [0.717, 1.165) is 24.1 Å². The number of ether oxygens (including phenoxy) is 1. The number of alkyl halides is 2. The van der Waals surface area contributed by atoms with Crippen LogP contribution in [0.5, 0.6) is 5.75 Å². The molecule has 4 heterocycles. The number of para-hydroxylation sites is 1. The maximum absolute atomic E-state index is 13.7. The lowest BCUT2D eigenvalue weighted by atomic mass is 9.81. The van der Waals surface area contributed by atoms with Crippen LogP contribution in [-0.2, 0) is 15.8 Å². The van der Waals surface area contributed by atoms with Gasteiger partial charge in [-0.05, 0) is 43.0 Å². The van der Waals surface area contributed by atoms with E-state index in [1.54, 1.807) is 42.9 Å². The maximum Gasteiger partial charge on any atom is 0.395 e. The van der Waals surface area contributed by atoms with E-state index in [4.69, 9.17) is 15.0 Å². The fraction of sp³-hybridized carbons (Fsp3) is 0.448. The zero-order valence-corrected chi connectivity index (χ0v) is 25.4. The Morgan fingerprint density at radius 1 is 1.18 bits per heavy atom. The number of fused-ring (bicyclic) bond motifs is 1. The smallest absolute Gasteiger partial charge is 0.395 e. The van der Waals surface area contributed by atoms with E-state index >= 15 is 0 Å². The molecule has 4 aromatic rings. The van der Waals surface area contributed by atoms with Gasteiger partial charge in [0, 0.05) is 31.8 Å². The van der Waals surface area contributed by atoms with Crippen LogP contribution in [0.1, 0.15) is 36.4 Å². The normalized spacial score (nSPS) is 22.4. The van der Waals surface area contributed by atoms with Crippen molar-refractivity contribution in [2.24, 2.45) is 5.73 Å². The van der Waals surface area contributed by atoms with Crippen LogP contribution >= 0.6 is 7.60 Å². The second-order valence-corrected chi connectivity index (χ2v) is 13.3. The summed E-state index contributed by atoms with van der Waals surface area (Å²) in [5.41, 5.74) is 8.08. The van der Waals surface area contributed by atoms with Gasteiger partial charge in [-0.1, -0.05) is 18.2 Å². The highest BCUT2D eigenvalue weighted by atomic mass is 31.2. The number of halogens is 2. The molecule has 0 bridgehead atoms. The predicted molar refractivity (Wildman–Crippen MR) is 163 cm³/mol. The number of rotatable bonds is 12. The van der Waals surface area contributed by atoms with Crippen molar-refractivity contribution in [1.82, 2.24) is 24.5 Å². The highest BCUT2D eigenvalue weighted by molar-refractivity contribution is 7.53. The van der Waals surface area contributed by atoms with Crippen LogP contribution in [0.4, 0.5) is 20.3 Å². The standard InChI is InChI=1S/C29H35F2N8O5P/c1-43-23-9-10-38(14-29(23,32)25(40)26(30)31)22-12-33-21(18-7-8-18)11-19(22)13-39-16-36-24-27(34-15-35-28(24)39)37-17-45(41,42)44-20-5-3-2-4-6-20/h2-6,11-12,15-16,18,23,25-26,40H,7-10,13-14,17,32H2,1H3,(H,41,42)(H,34,35,37)/t23?,25-,29-/m0/s1. The number of nitrogens with zero attached hydrogens (tertiary/aromatic N) is 6. The van der Waals surface area contributed by atoms with Crippen molar-refractivity contribution in [3.63, 3.8) is 0 Å². The number of aromatic nitrogens is 5. The van der Waals surface area contributed by atoms with Crippen LogP contribution in [0.2, 0.25) is 0 Å². The van der Waals surface area contributed by atoms with Gasteiger partial charge in [0.05, 0.1) is 36.4 Å². The quantitative estimate of drug-likeness (QED) is 0.166. The molecule has 16 heteroatoms. The van der Waals surface area contributed by atoms with E-state index in [9.17, 15) is 23.3 Å². The van der Waals surface area contributed by atoms with E-state index in [1.807, 2.05) is 15.5 Å². The molecule has 2 aliphatic rings. The van der Waals surface area contributed by atoms with Crippen LogP contribution in [0.15, 0.2) is 55.2 Å². The average Bonchev–Trinajstić information content (AvgIpc) is 3.80. The fourth-order valence-electron chi connectivity index (χ4n) is 5.80. The largest absolute Gasteiger partial charge is 0.423 e. The Kier molecular flexibility index (Phi) is 8.72. The molecule has 240 valence electrons. The van der Waals surface area contributed by atoms with Gasteiger partial charge in [0.2, 0.25) is 0 Å². The first-order valence-corrected chi connectivity index (χ1v) is 16.3. The lowest BCUT2D eigenvalue weighted by Crippen LogP contribution is -2.70. The molecule has 6 rings (SSSR count). The van der Waals surface area contributed by atoms with Gasteiger partial charge in [-0.2, -0.15) is 0 Å². The Bertz CT molecular complexity index is 1690. The molecule has 3 aromatic heterocycles. The lowest BCUT2D eigenvalue weighted by molar-refractivity contribution is -0.102. The highest BCUT2D eigenvalue weighted by Gasteiger charge is 2.50. The minimum absolute atomic E-state index is 0.0678. The van der Waals surface area contributed by atoms with Crippen molar-refractivity contribution in [1.29, 1.82) is 0 Å². The maximum atomic E-state index is 13.7. The summed E-state index contributed by atoms with van der Waals surface area (Å²) in [4.78, 5) is 30.0. The zero-order chi connectivity index (χ0) is 31.8. The first kappa shape index (κ1) is 31.2. The van der Waals surface area contributed by atoms with Crippen molar-refractivity contribution < 1.29 is 32.6 Å². The molecule has 1 aliphatic carbocycles. The van der Waals surface area contributed by atoms with Gasteiger partial charge in [-0.3, -0.25) is 4.98 Å². The monoisotopic (exact) mass is 644 g/mol. The van der Waals surface area contributed by atoms with Crippen LogP contribution in [-0.4, -0.2) is 85.2 Å². The molecule has 1 saturated carbocycles. The topological polar surface area (TPSA) is 174 Å². The van der Waals surface area contributed by atoms with Gasteiger partial charge in [0.15, 0.2) is 11.5 Å². The third-order valence-corrected chi connectivity index (χ3v) is 9.36. The molecule has 0 radical (unpaired) electrons. The summed E-state index contributed by atoms with van der Waals surface area (Å²) in [6.45, 7) is 0.693. The van der Waals surface area contributed by atoms with Crippen LogP contribution in [0.25, 0.3) is 11.2 Å². The molecule has 1 aromatic carbocycles. The Morgan fingerprint density at radius 3 is 2.67 bits per heavy atom. The highest BCUT2D eigenvalue weighted by Crippen LogP contribution is 2.43. The summed E-state index contributed by atoms with van der Waals surface area (Å²) in [5.74, 6) is 0.882. The SMILES string of the molecule is COC1CCN(c2cnc(C3CC3)cc2Cn2cnc3c(NCP(=O)(O)Oc4ccccc4)ncnc32)C[C@@]1(N)[C@@H](O)C(F)F. The first-order valence-electron chi connectivity index (χ1n) is 14.6. The zero-order valence-electron chi connectivity index (χ0n) is 24.5. The van der Waals surface area contributed by atoms with Crippen LogP contribution in [0, 0.1) is 0 Å². The van der Waals surface area contributed by atoms with Gasteiger partial charge >= 0.3 is 7.60 Å². The third kappa shape index (κ3) is 6.63. The van der Waals surface area contributed by atoms with E-state index in [-0.39, 0.29) is 18.1 Å². The molecule has 1 saturated heterocycles. The number of methoxy groups -OCH3 is 1. The summed E-state index contributed by atoms with van der Waals surface area (Å²) < 4.78 is 52.6. The van der Waals surface area contributed by atoms with Crippen molar-refractivity contribution in [3.05, 3.63) is 66.5 Å². The molecule has 2 fully saturated rings. The van der Waals surface area contributed by atoms with E-state index in [0.29, 0.717) is 42.3 Å². The molecule has 0 amide bonds. The van der Waals surface area contributed by atoms with E-state index in [1.165, 1.54) is 13.4 Å². The second kappa shape index (κ2) is 12.6. The van der Waals surface area contributed by atoms with Crippen LogP contribution in [0.3, 0.4) is 0 Å². The lowest BCUT2D eigenvalue weighted by Gasteiger charge is -2.48. The molecule has 0 spiro atoms. The van der Waals surface area contributed by atoms with Gasteiger partial charge in [0.25, 0.3) is 6.43 Å². The van der Waals surface area contributed by atoms with Crippen molar-refractivity contribution in [3.8, 4) is 5.75 Å². The number of pyridine rings is 1. The first-order chi connectivity index (χ1) is 21.6. The van der Waals surface area contributed by atoms with E-state index < -0.39 is 38.1 Å². The third-order valence-electron chi connectivity index (χ3n) is 8.30. The molecule has 4 atom stereocenters. The predicted octanol–water partition coefficient (Wildman–Crippen LogP) is 3.33. The number of aliphatic hydroxyl groups excluding tert-OH is 1. The molecular formula is C29H35F2N8O5P. The second-order valence-electron chi connectivity index (χ2n) is 11.5. The number of piperidine rings is 1. The average molecular weight is 645 g/mol.